The molecule has 0 amide bonds. The van der Waals surface area contributed by atoms with E-state index in [-0.39, 0.29) is 0 Å². The van der Waals surface area contributed by atoms with Gasteiger partial charge in [0.15, 0.2) is 0 Å². The van der Waals surface area contributed by atoms with Gasteiger partial charge in [0.25, 0.3) is 0 Å². The standard InChI is InChI=1S/C13H16FNO5S/c14-8-5-6-9(13(17)18)12(7-8)21(19,20)15-10-3-1-2-4-11(10)16/h5-7,10-11,15-16H,1-4H2,(H,17,18)/t10-,11-/m0/s1. The molecule has 0 aromatic heterocycles. The number of nitrogens with one attached hydrogen (secondary N) is 1. The highest BCUT2D eigenvalue weighted by Gasteiger charge is 2.30. The number of aromatic carboxylic acids is 1. The van der Waals surface area contributed by atoms with Crippen molar-refractivity contribution in [3.8, 4) is 0 Å². The average molecular weight is 317 g/mol. The molecule has 1 aliphatic carbocycles. The van der Waals surface area contributed by atoms with Crippen molar-refractivity contribution < 1.29 is 27.8 Å². The molecule has 1 aliphatic rings. The molecule has 0 bridgehead atoms. The van der Waals surface area contributed by atoms with Crippen molar-refractivity contribution >= 4 is 16.0 Å². The van der Waals surface area contributed by atoms with Crippen molar-refractivity contribution in [3.05, 3.63) is 29.6 Å². The van der Waals surface area contributed by atoms with E-state index in [0.717, 1.165) is 25.0 Å². The van der Waals surface area contributed by atoms with E-state index in [1.807, 2.05) is 0 Å². The van der Waals surface area contributed by atoms with Crippen molar-refractivity contribution in [2.75, 3.05) is 0 Å². The molecule has 2 atom stereocenters. The van der Waals surface area contributed by atoms with Crippen LogP contribution in [0.2, 0.25) is 0 Å². The number of benzene rings is 1. The summed E-state index contributed by atoms with van der Waals surface area (Å²) < 4.78 is 40.1. The summed E-state index contributed by atoms with van der Waals surface area (Å²) in [4.78, 5) is 10.4. The Balaban J connectivity index is 2.35. The maximum atomic E-state index is 13.3. The third-order valence-corrected chi connectivity index (χ3v) is 5.03. The fourth-order valence-electron chi connectivity index (χ4n) is 2.41. The van der Waals surface area contributed by atoms with Gasteiger partial charge in [-0.15, -0.1) is 0 Å². The van der Waals surface area contributed by atoms with Gasteiger partial charge in [-0.25, -0.2) is 22.3 Å². The summed E-state index contributed by atoms with van der Waals surface area (Å²) in [6.07, 6.45) is 1.68. The maximum absolute atomic E-state index is 13.3. The first-order chi connectivity index (χ1) is 9.81. The van der Waals surface area contributed by atoms with Gasteiger partial charge in [-0.1, -0.05) is 12.8 Å². The molecular formula is C13H16FNO5S. The van der Waals surface area contributed by atoms with Crippen LogP contribution in [0.5, 0.6) is 0 Å². The van der Waals surface area contributed by atoms with Gasteiger partial charge in [-0.3, -0.25) is 0 Å². The third-order valence-electron chi connectivity index (χ3n) is 3.50. The number of halogens is 1. The summed E-state index contributed by atoms with van der Waals surface area (Å²) in [6, 6.07) is 1.77. The SMILES string of the molecule is O=C(O)c1ccc(F)cc1S(=O)(=O)N[C@H]1CCCC[C@@H]1O. The molecule has 0 heterocycles. The normalized spacial score (nSPS) is 23.0. The molecule has 116 valence electrons. The number of carboxylic acid groups (broad SMARTS) is 1. The fraction of sp³-hybridized carbons (Fsp3) is 0.462. The Bertz CT molecular complexity index is 646. The quantitative estimate of drug-likeness (QED) is 0.771. The van der Waals surface area contributed by atoms with Crippen molar-refractivity contribution in [1.82, 2.24) is 4.72 Å². The van der Waals surface area contributed by atoms with Crippen LogP contribution >= 0.6 is 0 Å². The van der Waals surface area contributed by atoms with E-state index < -0.39 is 44.4 Å². The predicted octanol–water partition coefficient (Wildman–Crippen LogP) is 1.11. The Hall–Kier alpha value is -1.51. The fourth-order valence-corrected chi connectivity index (χ4v) is 3.92. The number of aliphatic hydroxyl groups is 1. The van der Waals surface area contributed by atoms with E-state index in [1.54, 1.807) is 0 Å². The molecule has 1 saturated carbocycles. The molecular weight excluding hydrogens is 301 g/mol. The van der Waals surface area contributed by atoms with Crippen LogP contribution in [-0.4, -0.2) is 36.7 Å². The van der Waals surface area contributed by atoms with Gasteiger partial charge in [0.05, 0.1) is 16.6 Å². The number of carboxylic acids is 1. The van der Waals surface area contributed by atoms with Crippen LogP contribution in [0.1, 0.15) is 36.0 Å². The van der Waals surface area contributed by atoms with Crippen molar-refractivity contribution in [2.24, 2.45) is 0 Å². The monoisotopic (exact) mass is 317 g/mol. The molecule has 0 aliphatic heterocycles. The number of carbonyl (C=O) groups is 1. The Kier molecular flexibility index (Phi) is 4.60. The van der Waals surface area contributed by atoms with Crippen molar-refractivity contribution in [3.63, 3.8) is 0 Å². The first-order valence-electron chi connectivity index (χ1n) is 6.54. The van der Waals surface area contributed by atoms with Gasteiger partial charge in [-0.2, -0.15) is 0 Å². The maximum Gasteiger partial charge on any atom is 0.337 e. The minimum Gasteiger partial charge on any atom is -0.478 e. The molecule has 0 spiro atoms. The highest BCUT2D eigenvalue weighted by atomic mass is 32.2. The van der Waals surface area contributed by atoms with E-state index in [4.69, 9.17) is 5.11 Å². The van der Waals surface area contributed by atoms with Gasteiger partial charge in [0.2, 0.25) is 10.0 Å². The molecule has 8 heteroatoms. The molecule has 0 unspecified atom stereocenters. The largest absolute Gasteiger partial charge is 0.478 e. The smallest absolute Gasteiger partial charge is 0.337 e. The molecule has 3 N–H and O–H groups in total. The summed E-state index contributed by atoms with van der Waals surface area (Å²) in [5, 5.41) is 18.8. The predicted molar refractivity (Wildman–Crippen MR) is 71.9 cm³/mol. The van der Waals surface area contributed by atoms with Gasteiger partial charge < -0.3 is 10.2 Å². The van der Waals surface area contributed by atoms with Gasteiger partial charge >= 0.3 is 5.97 Å². The number of hydrogen-bond acceptors (Lipinski definition) is 4. The van der Waals surface area contributed by atoms with E-state index >= 15 is 0 Å². The first-order valence-corrected chi connectivity index (χ1v) is 8.03. The zero-order valence-corrected chi connectivity index (χ0v) is 11.9. The molecule has 6 nitrogen and oxygen atoms in total. The minimum absolute atomic E-state index is 0.456. The van der Waals surface area contributed by atoms with E-state index in [0.29, 0.717) is 18.9 Å². The Labute approximate surface area is 121 Å². The second kappa shape index (κ2) is 6.08. The highest BCUT2D eigenvalue weighted by molar-refractivity contribution is 7.89. The summed E-state index contributed by atoms with van der Waals surface area (Å²) in [5.74, 6) is -2.30. The van der Waals surface area contributed by atoms with E-state index in [2.05, 4.69) is 4.72 Å². The molecule has 21 heavy (non-hydrogen) atoms. The first kappa shape index (κ1) is 15.9. The lowest BCUT2D eigenvalue weighted by atomic mass is 9.93. The summed E-state index contributed by atoms with van der Waals surface area (Å²) in [6.45, 7) is 0. The summed E-state index contributed by atoms with van der Waals surface area (Å²) >= 11 is 0. The average Bonchev–Trinajstić information content (AvgIpc) is 2.41. The van der Waals surface area contributed by atoms with Gasteiger partial charge in [0, 0.05) is 6.04 Å². The number of sulfonamides is 1. The molecule has 1 aromatic carbocycles. The van der Waals surface area contributed by atoms with E-state index in [9.17, 15) is 22.7 Å². The van der Waals surface area contributed by atoms with Crippen LogP contribution in [0.4, 0.5) is 4.39 Å². The zero-order valence-electron chi connectivity index (χ0n) is 11.1. The molecule has 2 rings (SSSR count). The van der Waals surface area contributed by atoms with Crippen LogP contribution in [0.3, 0.4) is 0 Å². The van der Waals surface area contributed by atoms with Crippen LogP contribution in [0.25, 0.3) is 0 Å². The summed E-state index contributed by atoms with van der Waals surface area (Å²) in [5.41, 5.74) is -0.505. The molecule has 1 fully saturated rings. The number of rotatable bonds is 4. The number of aliphatic hydroxyl groups excluding tert-OH is 1. The van der Waals surface area contributed by atoms with E-state index in [1.165, 1.54) is 0 Å². The van der Waals surface area contributed by atoms with Crippen LogP contribution in [0.15, 0.2) is 23.1 Å². The lowest BCUT2D eigenvalue weighted by Crippen LogP contribution is -2.45. The topological polar surface area (TPSA) is 104 Å². The van der Waals surface area contributed by atoms with Crippen LogP contribution in [-0.2, 0) is 10.0 Å². The molecule has 0 saturated heterocycles. The Morgan fingerprint density at radius 3 is 2.57 bits per heavy atom. The van der Waals surface area contributed by atoms with Crippen LogP contribution in [0, 0.1) is 5.82 Å². The summed E-state index contributed by atoms with van der Waals surface area (Å²) in [7, 11) is -4.22. The van der Waals surface area contributed by atoms with Crippen molar-refractivity contribution in [2.45, 2.75) is 42.7 Å². The Morgan fingerprint density at radius 1 is 1.29 bits per heavy atom. The second-order valence-electron chi connectivity index (χ2n) is 5.03. The van der Waals surface area contributed by atoms with Crippen LogP contribution < -0.4 is 4.72 Å². The zero-order chi connectivity index (χ0) is 15.6. The highest BCUT2D eigenvalue weighted by Crippen LogP contribution is 2.22. The Morgan fingerprint density at radius 2 is 1.95 bits per heavy atom. The molecule has 0 radical (unpaired) electrons. The lowest BCUT2D eigenvalue weighted by molar-refractivity contribution is 0.0692. The third kappa shape index (κ3) is 3.58. The minimum atomic E-state index is -4.22. The second-order valence-corrected chi connectivity index (χ2v) is 6.71. The van der Waals surface area contributed by atoms with Crippen molar-refractivity contribution in [1.29, 1.82) is 0 Å². The number of hydrogen-bond donors (Lipinski definition) is 3. The van der Waals surface area contributed by atoms with Gasteiger partial charge in [0.1, 0.15) is 5.82 Å². The van der Waals surface area contributed by atoms with Gasteiger partial charge in [-0.05, 0) is 31.0 Å². The molecule has 1 aromatic rings. The lowest BCUT2D eigenvalue weighted by Gasteiger charge is -2.28.